The van der Waals surface area contributed by atoms with Crippen molar-refractivity contribution in [3.63, 3.8) is 0 Å². The second-order valence-corrected chi connectivity index (χ2v) is 5.53. The van der Waals surface area contributed by atoms with E-state index in [2.05, 4.69) is 10.6 Å². The molecule has 1 fully saturated rings. The molecule has 0 bridgehead atoms. The average molecular weight is 316 g/mol. The van der Waals surface area contributed by atoms with Crippen molar-refractivity contribution < 1.29 is 22.7 Å². The molecular weight excluding hydrogens is 297 g/mol. The molecule has 0 aromatic heterocycles. The lowest BCUT2D eigenvalue weighted by atomic mass is 10.2. The third kappa shape index (κ3) is 5.93. The molecule has 0 atom stereocenters. The topological polar surface area (TPSA) is 50.4 Å². The molecule has 1 aromatic rings. The Labute approximate surface area is 127 Å². The summed E-state index contributed by atoms with van der Waals surface area (Å²) in [4.78, 5) is 11.8. The molecule has 0 spiro atoms. The summed E-state index contributed by atoms with van der Waals surface area (Å²) in [7, 11) is 0. The van der Waals surface area contributed by atoms with Crippen molar-refractivity contribution in [3.8, 4) is 5.75 Å². The van der Waals surface area contributed by atoms with Gasteiger partial charge in [-0.25, -0.2) is 0 Å². The van der Waals surface area contributed by atoms with Gasteiger partial charge in [-0.15, -0.1) is 0 Å². The normalized spacial score (nSPS) is 14.7. The third-order valence-electron chi connectivity index (χ3n) is 3.22. The predicted octanol–water partition coefficient (Wildman–Crippen LogP) is 2.87. The van der Waals surface area contributed by atoms with E-state index in [1.54, 1.807) is 19.1 Å². The number of carbonyl (C=O) groups is 1. The maximum atomic E-state index is 12.3. The monoisotopic (exact) mass is 316 g/mol. The lowest BCUT2D eigenvalue weighted by Crippen LogP contribution is -2.29. The second-order valence-electron chi connectivity index (χ2n) is 5.53. The minimum absolute atomic E-state index is 0.0212. The van der Waals surface area contributed by atoms with Gasteiger partial charge in [0.25, 0.3) is 0 Å². The summed E-state index contributed by atoms with van der Waals surface area (Å²) in [6.45, 7) is 1.27. The van der Waals surface area contributed by atoms with E-state index in [4.69, 9.17) is 4.74 Å². The van der Waals surface area contributed by atoms with E-state index in [1.807, 2.05) is 0 Å². The maximum Gasteiger partial charge on any atom is 0.422 e. The van der Waals surface area contributed by atoms with Gasteiger partial charge >= 0.3 is 6.18 Å². The van der Waals surface area contributed by atoms with Gasteiger partial charge in [0.05, 0.1) is 12.2 Å². The van der Waals surface area contributed by atoms with E-state index in [0.717, 1.165) is 12.1 Å². The average Bonchev–Trinajstić information content (AvgIpc) is 3.22. The van der Waals surface area contributed by atoms with Crippen LogP contribution in [0.2, 0.25) is 0 Å². The van der Waals surface area contributed by atoms with Crippen LogP contribution in [0.5, 0.6) is 5.75 Å². The number of alkyl halides is 3. The lowest BCUT2D eigenvalue weighted by Gasteiger charge is -2.15. The standard InChI is InChI=1S/C15H19F3N2O2/c1-10-2-5-12(13(6-10)22-9-15(16,17)18)20-14(21)8-19-7-11-3-4-11/h2,5-6,11,19H,3-4,7-9H2,1H3,(H,20,21). The van der Waals surface area contributed by atoms with Crippen LogP contribution in [0.3, 0.4) is 0 Å². The minimum Gasteiger partial charge on any atom is -0.482 e. The van der Waals surface area contributed by atoms with Crippen LogP contribution in [0.1, 0.15) is 18.4 Å². The van der Waals surface area contributed by atoms with Gasteiger partial charge in [-0.05, 0) is 49.9 Å². The highest BCUT2D eigenvalue weighted by atomic mass is 19.4. The fourth-order valence-electron chi connectivity index (χ4n) is 1.92. The molecule has 2 N–H and O–H groups in total. The largest absolute Gasteiger partial charge is 0.482 e. The van der Waals surface area contributed by atoms with Crippen molar-refractivity contribution in [2.75, 3.05) is 25.0 Å². The Balaban J connectivity index is 1.91. The van der Waals surface area contributed by atoms with E-state index >= 15 is 0 Å². The summed E-state index contributed by atoms with van der Waals surface area (Å²) in [6.07, 6.45) is -2.05. The summed E-state index contributed by atoms with van der Waals surface area (Å²) in [6, 6.07) is 4.71. The number of ether oxygens (including phenoxy) is 1. The summed E-state index contributed by atoms with van der Waals surface area (Å²) in [5.41, 5.74) is 0.995. The Hall–Kier alpha value is -1.76. The Morgan fingerprint density at radius 1 is 1.36 bits per heavy atom. The van der Waals surface area contributed by atoms with Gasteiger partial charge in [-0.3, -0.25) is 4.79 Å². The number of nitrogens with one attached hydrogen (secondary N) is 2. The first-order chi connectivity index (χ1) is 10.3. The molecular formula is C15H19F3N2O2. The Morgan fingerprint density at radius 3 is 2.73 bits per heavy atom. The number of aryl methyl sites for hydroxylation is 1. The molecule has 1 aliphatic rings. The molecule has 1 saturated carbocycles. The lowest BCUT2D eigenvalue weighted by molar-refractivity contribution is -0.153. The van der Waals surface area contributed by atoms with Gasteiger partial charge in [-0.2, -0.15) is 13.2 Å². The van der Waals surface area contributed by atoms with Gasteiger partial charge in [0, 0.05) is 0 Å². The van der Waals surface area contributed by atoms with Crippen LogP contribution in [0.15, 0.2) is 18.2 Å². The zero-order chi connectivity index (χ0) is 16.2. The molecule has 4 nitrogen and oxygen atoms in total. The highest BCUT2D eigenvalue weighted by Crippen LogP contribution is 2.28. The van der Waals surface area contributed by atoms with Crippen LogP contribution < -0.4 is 15.4 Å². The number of rotatable bonds is 7. The first kappa shape index (κ1) is 16.6. The molecule has 122 valence electrons. The van der Waals surface area contributed by atoms with Crippen molar-refractivity contribution in [2.45, 2.75) is 25.9 Å². The van der Waals surface area contributed by atoms with Gasteiger partial charge in [0.2, 0.25) is 5.91 Å². The zero-order valence-electron chi connectivity index (χ0n) is 12.3. The van der Waals surface area contributed by atoms with E-state index in [-0.39, 0.29) is 23.9 Å². The number of benzene rings is 1. The number of hydrogen-bond donors (Lipinski definition) is 2. The third-order valence-corrected chi connectivity index (χ3v) is 3.22. The SMILES string of the molecule is Cc1ccc(NC(=O)CNCC2CC2)c(OCC(F)(F)F)c1. The van der Waals surface area contributed by atoms with Crippen LogP contribution in [0.4, 0.5) is 18.9 Å². The fraction of sp³-hybridized carbons (Fsp3) is 0.533. The van der Waals surface area contributed by atoms with Crippen molar-refractivity contribution in [3.05, 3.63) is 23.8 Å². The van der Waals surface area contributed by atoms with E-state index in [1.165, 1.54) is 18.9 Å². The molecule has 1 aliphatic carbocycles. The van der Waals surface area contributed by atoms with Gasteiger partial charge in [0.15, 0.2) is 6.61 Å². The zero-order valence-corrected chi connectivity index (χ0v) is 12.3. The highest BCUT2D eigenvalue weighted by molar-refractivity contribution is 5.93. The smallest absolute Gasteiger partial charge is 0.422 e. The summed E-state index contributed by atoms with van der Waals surface area (Å²) in [5, 5.41) is 5.60. The number of amides is 1. The van der Waals surface area contributed by atoms with Gasteiger partial charge < -0.3 is 15.4 Å². The number of halogens is 3. The molecule has 7 heteroatoms. The van der Waals surface area contributed by atoms with Crippen molar-refractivity contribution in [2.24, 2.45) is 5.92 Å². The predicted molar refractivity (Wildman–Crippen MR) is 77.0 cm³/mol. The van der Waals surface area contributed by atoms with E-state index < -0.39 is 12.8 Å². The molecule has 22 heavy (non-hydrogen) atoms. The van der Waals surface area contributed by atoms with Crippen LogP contribution >= 0.6 is 0 Å². The molecule has 2 rings (SSSR count). The molecule has 0 saturated heterocycles. The van der Waals surface area contributed by atoms with Crippen molar-refractivity contribution >= 4 is 11.6 Å². The maximum absolute atomic E-state index is 12.3. The summed E-state index contributed by atoms with van der Waals surface area (Å²) >= 11 is 0. The molecule has 0 radical (unpaired) electrons. The summed E-state index contributed by atoms with van der Waals surface area (Å²) < 4.78 is 41.6. The molecule has 0 aliphatic heterocycles. The highest BCUT2D eigenvalue weighted by Gasteiger charge is 2.29. The molecule has 1 amide bonds. The van der Waals surface area contributed by atoms with Crippen molar-refractivity contribution in [1.29, 1.82) is 0 Å². The second kappa shape index (κ2) is 7.00. The Morgan fingerprint density at radius 2 is 2.09 bits per heavy atom. The van der Waals surface area contributed by atoms with Crippen LogP contribution in [0.25, 0.3) is 0 Å². The van der Waals surface area contributed by atoms with Crippen LogP contribution in [-0.2, 0) is 4.79 Å². The molecule has 0 unspecified atom stereocenters. The number of anilines is 1. The molecule has 1 aromatic carbocycles. The quantitative estimate of drug-likeness (QED) is 0.813. The van der Waals surface area contributed by atoms with Crippen LogP contribution in [-0.4, -0.2) is 31.8 Å². The van der Waals surface area contributed by atoms with E-state index in [9.17, 15) is 18.0 Å². The minimum atomic E-state index is -4.42. The Kier molecular flexibility index (Phi) is 5.28. The number of hydrogen-bond acceptors (Lipinski definition) is 3. The fourth-order valence-corrected chi connectivity index (χ4v) is 1.92. The van der Waals surface area contributed by atoms with E-state index in [0.29, 0.717) is 5.92 Å². The van der Waals surface area contributed by atoms with Crippen molar-refractivity contribution in [1.82, 2.24) is 5.32 Å². The summed E-state index contributed by atoms with van der Waals surface area (Å²) in [5.74, 6) is 0.368. The first-order valence-corrected chi connectivity index (χ1v) is 7.14. The number of carbonyl (C=O) groups excluding carboxylic acids is 1. The van der Waals surface area contributed by atoms with Crippen LogP contribution in [0, 0.1) is 12.8 Å². The first-order valence-electron chi connectivity index (χ1n) is 7.14. The Bertz CT molecular complexity index is 528. The van der Waals surface area contributed by atoms with Gasteiger partial charge in [-0.1, -0.05) is 6.07 Å². The molecule has 0 heterocycles. The van der Waals surface area contributed by atoms with Gasteiger partial charge in [0.1, 0.15) is 5.75 Å².